The van der Waals surface area contributed by atoms with E-state index in [2.05, 4.69) is 34.7 Å². The van der Waals surface area contributed by atoms with Crippen molar-refractivity contribution in [1.29, 1.82) is 0 Å². The first-order valence-electron chi connectivity index (χ1n) is 4.62. The number of aryl methyl sites for hydroxylation is 1. The van der Waals surface area contributed by atoms with Crippen LogP contribution in [0, 0.1) is 6.92 Å². The molecule has 1 aromatic heterocycles. The van der Waals surface area contributed by atoms with Crippen LogP contribution in [0.15, 0.2) is 12.1 Å². The highest BCUT2D eigenvalue weighted by Crippen LogP contribution is 2.08. The van der Waals surface area contributed by atoms with Gasteiger partial charge in [0.2, 0.25) is 0 Å². The molecule has 0 saturated heterocycles. The Labute approximate surface area is 79.6 Å². The standard InChI is InChI=1S/C10H17N3/c1-4-12-7-9-5-8(2)13-10(6-9)11-3/h5-6,12H,4,7H2,1-3H3,(H,11,13). The zero-order valence-corrected chi connectivity index (χ0v) is 8.52. The van der Waals surface area contributed by atoms with Gasteiger partial charge in [-0.1, -0.05) is 6.92 Å². The minimum absolute atomic E-state index is 0.911. The summed E-state index contributed by atoms with van der Waals surface area (Å²) in [5.41, 5.74) is 2.33. The van der Waals surface area contributed by atoms with Crippen LogP contribution < -0.4 is 10.6 Å². The van der Waals surface area contributed by atoms with Crippen molar-refractivity contribution in [3.05, 3.63) is 23.4 Å². The van der Waals surface area contributed by atoms with Crippen LogP contribution in [-0.4, -0.2) is 18.6 Å². The third kappa shape index (κ3) is 3.03. The molecule has 1 heterocycles. The van der Waals surface area contributed by atoms with Crippen molar-refractivity contribution in [2.24, 2.45) is 0 Å². The first kappa shape index (κ1) is 9.99. The number of hydrogen-bond donors (Lipinski definition) is 2. The lowest BCUT2D eigenvalue weighted by atomic mass is 10.2. The van der Waals surface area contributed by atoms with Gasteiger partial charge in [0.05, 0.1) is 0 Å². The Morgan fingerprint density at radius 3 is 2.77 bits per heavy atom. The monoisotopic (exact) mass is 179 g/mol. The Bertz CT molecular complexity index is 271. The number of rotatable bonds is 4. The Kier molecular flexibility index (Phi) is 3.71. The number of nitrogens with one attached hydrogen (secondary N) is 2. The maximum absolute atomic E-state index is 4.32. The van der Waals surface area contributed by atoms with Gasteiger partial charge in [-0.3, -0.25) is 0 Å². The topological polar surface area (TPSA) is 37.0 Å². The largest absolute Gasteiger partial charge is 0.373 e. The van der Waals surface area contributed by atoms with E-state index in [1.807, 2.05) is 14.0 Å². The second-order valence-corrected chi connectivity index (χ2v) is 3.03. The second-order valence-electron chi connectivity index (χ2n) is 3.03. The highest BCUT2D eigenvalue weighted by molar-refractivity contribution is 5.38. The Hall–Kier alpha value is -1.09. The Morgan fingerprint density at radius 2 is 2.15 bits per heavy atom. The predicted octanol–water partition coefficient (Wildman–Crippen LogP) is 1.54. The van der Waals surface area contributed by atoms with Gasteiger partial charge in [0.1, 0.15) is 5.82 Å². The van der Waals surface area contributed by atoms with Crippen LogP contribution in [0.5, 0.6) is 0 Å². The molecule has 0 fully saturated rings. The zero-order chi connectivity index (χ0) is 9.68. The summed E-state index contributed by atoms with van der Waals surface area (Å²) in [4.78, 5) is 4.32. The Balaban J connectivity index is 2.76. The highest BCUT2D eigenvalue weighted by Gasteiger charge is 1.97. The van der Waals surface area contributed by atoms with Gasteiger partial charge >= 0.3 is 0 Å². The van der Waals surface area contributed by atoms with E-state index in [4.69, 9.17) is 0 Å². The molecule has 0 aliphatic carbocycles. The van der Waals surface area contributed by atoms with Crippen molar-refractivity contribution in [3.63, 3.8) is 0 Å². The quantitative estimate of drug-likeness (QED) is 0.736. The molecule has 1 aromatic rings. The second kappa shape index (κ2) is 4.82. The third-order valence-corrected chi connectivity index (χ3v) is 1.85. The minimum Gasteiger partial charge on any atom is -0.373 e. The first-order chi connectivity index (χ1) is 6.26. The van der Waals surface area contributed by atoms with Gasteiger partial charge in [-0.2, -0.15) is 0 Å². The van der Waals surface area contributed by atoms with E-state index in [9.17, 15) is 0 Å². The number of aromatic nitrogens is 1. The molecule has 72 valence electrons. The lowest BCUT2D eigenvalue weighted by Crippen LogP contribution is -2.12. The summed E-state index contributed by atoms with van der Waals surface area (Å²) in [6, 6.07) is 4.17. The number of nitrogens with zero attached hydrogens (tertiary/aromatic N) is 1. The number of pyridine rings is 1. The fourth-order valence-corrected chi connectivity index (χ4v) is 1.24. The van der Waals surface area contributed by atoms with Crippen molar-refractivity contribution in [2.45, 2.75) is 20.4 Å². The van der Waals surface area contributed by atoms with E-state index in [-0.39, 0.29) is 0 Å². The van der Waals surface area contributed by atoms with E-state index in [1.165, 1.54) is 5.56 Å². The van der Waals surface area contributed by atoms with Crippen LogP contribution in [0.1, 0.15) is 18.2 Å². The highest BCUT2D eigenvalue weighted by atomic mass is 15.0. The molecule has 0 atom stereocenters. The maximum atomic E-state index is 4.32. The maximum Gasteiger partial charge on any atom is 0.126 e. The van der Waals surface area contributed by atoms with Gasteiger partial charge in [0.25, 0.3) is 0 Å². The summed E-state index contributed by atoms with van der Waals surface area (Å²) in [5, 5.41) is 6.33. The molecule has 0 aliphatic rings. The summed E-state index contributed by atoms with van der Waals surface area (Å²) in [6.45, 7) is 6.02. The van der Waals surface area contributed by atoms with Gasteiger partial charge in [-0.15, -0.1) is 0 Å². The van der Waals surface area contributed by atoms with Crippen LogP contribution in [0.3, 0.4) is 0 Å². The van der Waals surface area contributed by atoms with Gasteiger partial charge < -0.3 is 10.6 Å². The number of anilines is 1. The normalized spacial score (nSPS) is 10.1. The van der Waals surface area contributed by atoms with E-state index in [1.54, 1.807) is 0 Å². The van der Waals surface area contributed by atoms with Crippen molar-refractivity contribution >= 4 is 5.82 Å². The fourth-order valence-electron chi connectivity index (χ4n) is 1.24. The molecule has 0 aliphatic heterocycles. The van der Waals surface area contributed by atoms with Crippen molar-refractivity contribution in [3.8, 4) is 0 Å². The first-order valence-corrected chi connectivity index (χ1v) is 4.62. The fraction of sp³-hybridized carbons (Fsp3) is 0.500. The SMILES string of the molecule is CCNCc1cc(C)nc(NC)c1. The predicted molar refractivity (Wildman–Crippen MR) is 55.9 cm³/mol. The van der Waals surface area contributed by atoms with Crippen LogP contribution in [0.4, 0.5) is 5.82 Å². The Morgan fingerprint density at radius 1 is 1.38 bits per heavy atom. The lowest BCUT2D eigenvalue weighted by molar-refractivity contribution is 0.725. The summed E-state index contributed by atoms with van der Waals surface area (Å²) in [6.07, 6.45) is 0. The van der Waals surface area contributed by atoms with Crippen molar-refractivity contribution in [2.75, 3.05) is 18.9 Å². The van der Waals surface area contributed by atoms with E-state index in [0.717, 1.165) is 24.6 Å². The van der Waals surface area contributed by atoms with Gasteiger partial charge in [-0.05, 0) is 31.2 Å². The molecule has 1 rings (SSSR count). The van der Waals surface area contributed by atoms with Gasteiger partial charge in [0, 0.05) is 19.3 Å². The van der Waals surface area contributed by atoms with E-state index >= 15 is 0 Å². The third-order valence-electron chi connectivity index (χ3n) is 1.85. The van der Waals surface area contributed by atoms with Gasteiger partial charge in [-0.25, -0.2) is 4.98 Å². The molecule has 0 saturated carbocycles. The lowest BCUT2D eigenvalue weighted by Gasteiger charge is -2.06. The molecule has 3 heteroatoms. The van der Waals surface area contributed by atoms with Crippen LogP contribution in [0.25, 0.3) is 0 Å². The van der Waals surface area contributed by atoms with Gasteiger partial charge in [0.15, 0.2) is 0 Å². The summed E-state index contributed by atoms with van der Waals surface area (Å²) < 4.78 is 0. The molecule has 0 spiro atoms. The van der Waals surface area contributed by atoms with Crippen molar-refractivity contribution in [1.82, 2.24) is 10.3 Å². The van der Waals surface area contributed by atoms with Crippen LogP contribution in [0.2, 0.25) is 0 Å². The molecule has 0 radical (unpaired) electrons. The number of hydrogen-bond acceptors (Lipinski definition) is 3. The average Bonchev–Trinajstić information content (AvgIpc) is 2.14. The molecule has 3 nitrogen and oxygen atoms in total. The molecule has 13 heavy (non-hydrogen) atoms. The molecule has 2 N–H and O–H groups in total. The molecule has 0 unspecified atom stereocenters. The molecular weight excluding hydrogens is 162 g/mol. The molecule has 0 amide bonds. The molecule has 0 bridgehead atoms. The summed E-state index contributed by atoms with van der Waals surface area (Å²) in [7, 11) is 1.89. The summed E-state index contributed by atoms with van der Waals surface area (Å²) >= 11 is 0. The summed E-state index contributed by atoms with van der Waals surface area (Å²) in [5.74, 6) is 0.938. The van der Waals surface area contributed by atoms with Crippen LogP contribution in [-0.2, 0) is 6.54 Å². The van der Waals surface area contributed by atoms with E-state index in [0.29, 0.717) is 0 Å². The minimum atomic E-state index is 0.911. The van der Waals surface area contributed by atoms with E-state index < -0.39 is 0 Å². The average molecular weight is 179 g/mol. The molecular formula is C10H17N3. The van der Waals surface area contributed by atoms with Crippen molar-refractivity contribution < 1.29 is 0 Å². The van der Waals surface area contributed by atoms with Crippen LogP contribution >= 0.6 is 0 Å². The zero-order valence-electron chi connectivity index (χ0n) is 8.52. The smallest absolute Gasteiger partial charge is 0.126 e. The molecule has 0 aromatic carbocycles.